The Labute approximate surface area is 128 Å². The van der Waals surface area contributed by atoms with Crippen LogP contribution in [0.25, 0.3) is 0 Å². The van der Waals surface area contributed by atoms with Crippen molar-refractivity contribution in [3.8, 4) is 0 Å². The molecule has 1 aromatic rings. The number of alkyl halides is 3. The van der Waals surface area contributed by atoms with Crippen molar-refractivity contribution in [3.63, 3.8) is 0 Å². The molecule has 0 atom stereocenters. The highest BCUT2D eigenvalue weighted by Crippen LogP contribution is 2.30. The second kappa shape index (κ2) is 5.49. The van der Waals surface area contributed by atoms with Crippen molar-refractivity contribution < 1.29 is 37.3 Å². The van der Waals surface area contributed by atoms with Crippen molar-refractivity contribution in [3.05, 3.63) is 41.3 Å². The van der Waals surface area contributed by atoms with Gasteiger partial charge in [-0.25, -0.2) is 4.79 Å². The zero-order valence-corrected chi connectivity index (χ0v) is 12.0. The first-order valence-corrected chi connectivity index (χ1v) is 6.34. The number of cyclic esters (lactones) is 1. The first-order chi connectivity index (χ1) is 10.5. The van der Waals surface area contributed by atoms with E-state index in [1.165, 1.54) is 13.8 Å². The molecule has 9 heteroatoms. The van der Waals surface area contributed by atoms with Gasteiger partial charge in [0.05, 0.1) is 5.56 Å². The van der Waals surface area contributed by atoms with Crippen LogP contribution in [0.3, 0.4) is 0 Å². The van der Waals surface area contributed by atoms with E-state index in [0.717, 1.165) is 24.3 Å². The molecule has 0 bridgehead atoms. The van der Waals surface area contributed by atoms with Crippen molar-refractivity contribution in [2.75, 3.05) is 5.32 Å². The summed E-state index contributed by atoms with van der Waals surface area (Å²) in [4.78, 5) is 23.7. The summed E-state index contributed by atoms with van der Waals surface area (Å²) in [6.45, 7) is 2.71. The summed E-state index contributed by atoms with van der Waals surface area (Å²) in [7, 11) is 0. The molecule has 0 aromatic heterocycles. The number of anilines is 1. The third-order valence-corrected chi connectivity index (χ3v) is 2.80. The number of hydrogen-bond donors (Lipinski definition) is 2. The Bertz CT molecular complexity index is 677. The van der Waals surface area contributed by atoms with Crippen molar-refractivity contribution in [1.29, 1.82) is 0 Å². The number of halogens is 3. The number of hydrogen-bond acceptors (Lipinski definition) is 5. The van der Waals surface area contributed by atoms with Gasteiger partial charge in [-0.05, 0) is 24.3 Å². The molecule has 1 aromatic carbocycles. The maximum atomic E-state index is 12.4. The van der Waals surface area contributed by atoms with Crippen LogP contribution in [0.5, 0.6) is 0 Å². The standard InChI is InChI=1S/C14H12F3NO5/c1-13(2)22-11(20)9(12(21)23-13)10(19)18-8-5-3-7(4-6-8)14(15,16)17/h3-6,20H,1-2H3,(H,18,19). The number of aliphatic hydroxyl groups excluding tert-OH is 1. The number of carbonyl (C=O) groups excluding carboxylic acids is 2. The highest BCUT2D eigenvalue weighted by Gasteiger charge is 2.39. The van der Waals surface area contributed by atoms with Gasteiger partial charge in [-0.2, -0.15) is 13.2 Å². The summed E-state index contributed by atoms with van der Waals surface area (Å²) in [5.74, 6) is -4.53. The number of aliphatic hydroxyl groups is 1. The zero-order chi connectivity index (χ0) is 17.4. The molecule has 1 heterocycles. The van der Waals surface area contributed by atoms with Gasteiger partial charge in [0.15, 0.2) is 0 Å². The predicted octanol–water partition coefficient (Wildman–Crippen LogP) is 2.72. The molecule has 0 saturated heterocycles. The van der Waals surface area contributed by atoms with Gasteiger partial charge in [0.25, 0.3) is 11.7 Å². The smallest absolute Gasteiger partial charge is 0.416 e. The quantitative estimate of drug-likeness (QED) is 0.643. The van der Waals surface area contributed by atoms with Gasteiger partial charge in [0.2, 0.25) is 5.57 Å². The highest BCUT2D eigenvalue weighted by atomic mass is 19.4. The number of amides is 1. The minimum Gasteiger partial charge on any atom is -0.480 e. The molecule has 1 aliphatic heterocycles. The predicted molar refractivity (Wildman–Crippen MR) is 71.0 cm³/mol. The molecule has 0 unspecified atom stereocenters. The molecule has 0 saturated carbocycles. The first kappa shape index (κ1) is 16.7. The summed E-state index contributed by atoms with van der Waals surface area (Å²) in [6, 6.07) is 3.56. The second-order valence-electron chi connectivity index (χ2n) is 5.10. The fourth-order valence-electron chi connectivity index (χ4n) is 1.79. The Morgan fingerprint density at radius 3 is 2.22 bits per heavy atom. The molecule has 0 fully saturated rings. The number of rotatable bonds is 2. The number of benzene rings is 1. The minimum atomic E-state index is -4.50. The lowest BCUT2D eigenvalue weighted by Gasteiger charge is -2.30. The van der Waals surface area contributed by atoms with Crippen LogP contribution in [0.2, 0.25) is 0 Å². The van der Waals surface area contributed by atoms with E-state index in [4.69, 9.17) is 9.47 Å². The molecule has 6 nitrogen and oxygen atoms in total. The highest BCUT2D eigenvalue weighted by molar-refractivity contribution is 6.21. The molecule has 23 heavy (non-hydrogen) atoms. The van der Waals surface area contributed by atoms with Gasteiger partial charge in [-0.1, -0.05) is 0 Å². The van der Waals surface area contributed by atoms with E-state index in [9.17, 15) is 27.9 Å². The molecule has 0 radical (unpaired) electrons. The Morgan fingerprint density at radius 2 is 1.74 bits per heavy atom. The number of carbonyl (C=O) groups is 2. The Kier molecular flexibility index (Phi) is 3.97. The summed E-state index contributed by atoms with van der Waals surface area (Å²) >= 11 is 0. The number of nitrogens with one attached hydrogen (secondary N) is 1. The van der Waals surface area contributed by atoms with Crippen molar-refractivity contribution in [2.24, 2.45) is 0 Å². The number of esters is 1. The molecular weight excluding hydrogens is 319 g/mol. The van der Waals surface area contributed by atoms with Gasteiger partial charge in [0, 0.05) is 19.5 Å². The molecule has 2 rings (SSSR count). The van der Waals surface area contributed by atoms with E-state index in [0.29, 0.717) is 0 Å². The van der Waals surface area contributed by atoms with E-state index in [-0.39, 0.29) is 5.69 Å². The van der Waals surface area contributed by atoms with Gasteiger partial charge in [0.1, 0.15) is 0 Å². The monoisotopic (exact) mass is 331 g/mol. The maximum absolute atomic E-state index is 12.4. The van der Waals surface area contributed by atoms with E-state index >= 15 is 0 Å². The van der Waals surface area contributed by atoms with E-state index in [2.05, 4.69) is 5.32 Å². The molecule has 124 valence electrons. The summed E-state index contributed by atoms with van der Waals surface area (Å²) in [5, 5.41) is 11.8. The van der Waals surface area contributed by atoms with Crippen molar-refractivity contribution >= 4 is 17.6 Å². The van der Waals surface area contributed by atoms with Crippen molar-refractivity contribution in [2.45, 2.75) is 25.8 Å². The fourth-order valence-corrected chi connectivity index (χ4v) is 1.79. The van der Waals surface area contributed by atoms with Crippen LogP contribution in [-0.4, -0.2) is 22.8 Å². The third-order valence-electron chi connectivity index (χ3n) is 2.80. The van der Waals surface area contributed by atoms with Gasteiger partial charge < -0.3 is 19.9 Å². The summed E-state index contributed by atoms with van der Waals surface area (Å²) < 4.78 is 47.0. The number of ether oxygens (including phenoxy) is 2. The molecule has 2 N–H and O–H groups in total. The Hall–Kier alpha value is -2.71. The average molecular weight is 331 g/mol. The van der Waals surface area contributed by atoms with Crippen LogP contribution in [0.4, 0.5) is 18.9 Å². The lowest BCUT2D eigenvalue weighted by molar-refractivity contribution is -0.221. The van der Waals surface area contributed by atoms with E-state index < -0.39 is 40.9 Å². The Balaban J connectivity index is 2.18. The van der Waals surface area contributed by atoms with Crippen LogP contribution in [-0.2, 0) is 25.2 Å². The minimum absolute atomic E-state index is 0.000865. The van der Waals surface area contributed by atoms with Crippen LogP contribution in [0, 0.1) is 0 Å². The van der Waals surface area contributed by atoms with Gasteiger partial charge >= 0.3 is 18.1 Å². The molecule has 0 aliphatic carbocycles. The maximum Gasteiger partial charge on any atom is 0.416 e. The third kappa shape index (κ3) is 3.74. The first-order valence-electron chi connectivity index (χ1n) is 6.34. The lowest BCUT2D eigenvalue weighted by Crippen LogP contribution is -2.40. The van der Waals surface area contributed by atoms with Crippen LogP contribution < -0.4 is 5.32 Å². The van der Waals surface area contributed by atoms with Crippen LogP contribution in [0.1, 0.15) is 19.4 Å². The molecule has 0 spiro atoms. The SMILES string of the molecule is CC1(C)OC(=O)C(C(=O)Nc2ccc(C(F)(F)F)cc2)=C(O)O1. The molecule has 1 aliphatic rings. The summed E-state index contributed by atoms with van der Waals surface area (Å²) in [6.07, 6.45) is -4.50. The van der Waals surface area contributed by atoms with E-state index in [1.807, 2.05) is 0 Å². The zero-order valence-electron chi connectivity index (χ0n) is 12.0. The van der Waals surface area contributed by atoms with Crippen molar-refractivity contribution in [1.82, 2.24) is 0 Å². The average Bonchev–Trinajstić information content (AvgIpc) is 2.35. The largest absolute Gasteiger partial charge is 0.480 e. The Morgan fingerprint density at radius 1 is 1.17 bits per heavy atom. The van der Waals surface area contributed by atoms with Gasteiger partial charge in [-0.3, -0.25) is 4.79 Å². The second-order valence-corrected chi connectivity index (χ2v) is 5.10. The normalized spacial score (nSPS) is 17.3. The molecular formula is C14H12F3NO5. The van der Waals surface area contributed by atoms with Gasteiger partial charge in [-0.15, -0.1) is 0 Å². The molecule has 1 amide bonds. The van der Waals surface area contributed by atoms with Crippen LogP contribution >= 0.6 is 0 Å². The lowest BCUT2D eigenvalue weighted by atomic mass is 10.2. The summed E-state index contributed by atoms with van der Waals surface area (Å²) in [5.41, 5.74) is -1.66. The fraction of sp³-hybridized carbons (Fsp3) is 0.286. The van der Waals surface area contributed by atoms with Crippen LogP contribution in [0.15, 0.2) is 35.8 Å². The topological polar surface area (TPSA) is 84.9 Å². The van der Waals surface area contributed by atoms with E-state index in [1.54, 1.807) is 0 Å².